The van der Waals surface area contributed by atoms with Crippen molar-refractivity contribution in [1.29, 1.82) is 0 Å². The Morgan fingerprint density at radius 1 is 1.24 bits per heavy atom. The number of nitrogens with zero attached hydrogens (tertiary/aromatic N) is 1. The molecule has 5 heteroatoms. The van der Waals surface area contributed by atoms with Gasteiger partial charge in [0.1, 0.15) is 0 Å². The van der Waals surface area contributed by atoms with Crippen LogP contribution in [0.4, 0.5) is 0 Å². The molecule has 1 aromatic rings. The van der Waals surface area contributed by atoms with Crippen LogP contribution in [0.25, 0.3) is 0 Å². The molecule has 2 rings (SSSR count). The molecule has 0 unspecified atom stereocenters. The van der Waals surface area contributed by atoms with E-state index in [4.69, 9.17) is 0 Å². The van der Waals surface area contributed by atoms with Gasteiger partial charge in [-0.15, -0.1) is 0 Å². The summed E-state index contributed by atoms with van der Waals surface area (Å²) in [5.41, 5.74) is 1.20. The molecule has 0 aromatic heterocycles. The van der Waals surface area contributed by atoms with E-state index in [-0.39, 0.29) is 12.6 Å². The van der Waals surface area contributed by atoms with Gasteiger partial charge in [0.15, 0.2) is 0 Å². The first-order valence-corrected chi connectivity index (χ1v) is 8.89. The van der Waals surface area contributed by atoms with Crippen molar-refractivity contribution in [3.8, 4) is 0 Å². The Hall–Kier alpha value is -0.910. The summed E-state index contributed by atoms with van der Waals surface area (Å²) in [5, 5.41) is 9.89. The van der Waals surface area contributed by atoms with Gasteiger partial charge in [-0.05, 0) is 45.6 Å². The highest BCUT2D eigenvalue weighted by Crippen LogP contribution is 2.31. The van der Waals surface area contributed by atoms with E-state index in [2.05, 4.69) is 0 Å². The number of rotatable bonds is 4. The van der Waals surface area contributed by atoms with Crippen LogP contribution in [-0.2, 0) is 16.4 Å². The fraction of sp³-hybridized carbons (Fsp3) is 0.625. The van der Waals surface area contributed by atoms with E-state index in [1.807, 2.05) is 30.3 Å². The van der Waals surface area contributed by atoms with Gasteiger partial charge in [-0.3, -0.25) is 0 Å². The minimum atomic E-state index is -3.39. The number of aliphatic hydroxyl groups is 1. The lowest BCUT2D eigenvalue weighted by Crippen LogP contribution is -2.45. The molecule has 21 heavy (non-hydrogen) atoms. The van der Waals surface area contributed by atoms with Crippen LogP contribution in [0.5, 0.6) is 0 Å². The maximum absolute atomic E-state index is 12.6. The van der Waals surface area contributed by atoms with Crippen molar-refractivity contribution >= 4 is 10.0 Å². The molecule has 1 saturated heterocycles. The molecule has 0 saturated carbocycles. The minimum absolute atomic E-state index is 0.107. The minimum Gasteiger partial charge on any atom is -0.392 e. The Labute approximate surface area is 127 Å². The number of aryl methyl sites for hydroxylation is 1. The zero-order chi connectivity index (χ0) is 15.7. The van der Waals surface area contributed by atoms with E-state index in [0.717, 1.165) is 12.8 Å². The molecule has 1 aliphatic heterocycles. The van der Waals surface area contributed by atoms with Crippen molar-refractivity contribution in [1.82, 2.24) is 4.31 Å². The maximum Gasteiger partial charge on any atom is 0.219 e. The summed E-state index contributed by atoms with van der Waals surface area (Å²) in [4.78, 5) is 0. The average molecular weight is 311 g/mol. The summed E-state index contributed by atoms with van der Waals surface area (Å²) >= 11 is 0. The second kappa shape index (κ2) is 6.07. The highest BCUT2D eigenvalue weighted by molar-refractivity contribution is 7.90. The van der Waals surface area contributed by atoms with Crippen molar-refractivity contribution in [2.24, 2.45) is 0 Å². The van der Waals surface area contributed by atoms with Gasteiger partial charge >= 0.3 is 0 Å². The van der Waals surface area contributed by atoms with Crippen molar-refractivity contribution in [2.75, 3.05) is 6.54 Å². The number of benzene rings is 1. The summed E-state index contributed by atoms with van der Waals surface area (Å²) < 4.78 is 26.0. The van der Waals surface area contributed by atoms with Gasteiger partial charge in [-0.2, -0.15) is 4.31 Å². The Bertz CT molecular complexity index is 563. The SMILES string of the molecule is CC(C)(C)S(=O)(=O)N1C[C@@H](O)C[C@H]1CCc1ccccc1. The fourth-order valence-electron chi connectivity index (χ4n) is 2.75. The fourth-order valence-corrected chi connectivity index (χ4v) is 4.40. The predicted octanol–water partition coefficient (Wildman–Crippen LogP) is 2.18. The van der Waals surface area contributed by atoms with E-state index in [9.17, 15) is 13.5 Å². The van der Waals surface area contributed by atoms with Crippen LogP contribution in [0.1, 0.15) is 39.2 Å². The summed E-state index contributed by atoms with van der Waals surface area (Å²) in [5.74, 6) is 0. The molecule has 118 valence electrons. The summed E-state index contributed by atoms with van der Waals surface area (Å²) in [6.45, 7) is 5.35. The number of sulfonamides is 1. The van der Waals surface area contributed by atoms with Crippen LogP contribution >= 0.6 is 0 Å². The molecule has 1 N–H and O–H groups in total. The van der Waals surface area contributed by atoms with Gasteiger partial charge in [0.05, 0.1) is 10.9 Å². The van der Waals surface area contributed by atoms with Crippen LogP contribution in [-0.4, -0.2) is 41.3 Å². The second-order valence-electron chi connectivity index (χ2n) is 6.75. The van der Waals surface area contributed by atoms with Crippen LogP contribution in [0, 0.1) is 0 Å². The first-order valence-electron chi connectivity index (χ1n) is 7.45. The maximum atomic E-state index is 12.6. The zero-order valence-electron chi connectivity index (χ0n) is 13.0. The third-order valence-corrected chi connectivity index (χ3v) is 6.65. The first-order chi connectivity index (χ1) is 9.72. The topological polar surface area (TPSA) is 57.6 Å². The lowest BCUT2D eigenvalue weighted by molar-refractivity contribution is 0.188. The molecule has 0 bridgehead atoms. The lowest BCUT2D eigenvalue weighted by Gasteiger charge is -2.31. The third-order valence-electron chi connectivity index (χ3n) is 4.03. The van der Waals surface area contributed by atoms with Gasteiger partial charge in [-0.1, -0.05) is 30.3 Å². The van der Waals surface area contributed by atoms with Crippen LogP contribution in [0.15, 0.2) is 30.3 Å². The van der Waals surface area contributed by atoms with Crippen molar-refractivity contribution in [3.63, 3.8) is 0 Å². The third kappa shape index (κ3) is 3.65. The molecule has 2 atom stereocenters. The predicted molar refractivity (Wildman–Crippen MR) is 84.6 cm³/mol. The highest BCUT2D eigenvalue weighted by Gasteiger charge is 2.43. The van der Waals surface area contributed by atoms with Crippen LogP contribution in [0.3, 0.4) is 0 Å². The van der Waals surface area contributed by atoms with Crippen molar-refractivity contribution in [2.45, 2.75) is 56.9 Å². The lowest BCUT2D eigenvalue weighted by atomic mass is 10.0. The Morgan fingerprint density at radius 2 is 1.86 bits per heavy atom. The van der Waals surface area contributed by atoms with Gasteiger partial charge in [-0.25, -0.2) is 8.42 Å². The molecule has 4 nitrogen and oxygen atoms in total. The standard InChI is InChI=1S/C16H25NO3S/c1-16(2,3)21(19,20)17-12-15(18)11-14(17)10-9-13-7-5-4-6-8-13/h4-8,14-15,18H,9-12H2,1-3H3/t14-,15+/m1/s1. The normalized spacial score (nSPS) is 24.4. The van der Waals surface area contributed by atoms with Crippen molar-refractivity contribution < 1.29 is 13.5 Å². The second-order valence-corrected chi connectivity index (χ2v) is 9.40. The van der Waals surface area contributed by atoms with E-state index in [1.165, 1.54) is 9.87 Å². The molecule has 0 spiro atoms. The molecular formula is C16H25NO3S. The molecule has 1 aromatic carbocycles. The molecule has 1 fully saturated rings. The zero-order valence-corrected chi connectivity index (χ0v) is 13.8. The molecule has 1 heterocycles. The van der Waals surface area contributed by atoms with Crippen LogP contribution < -0.4 is 0 Å². The smallest absolute Gasteiger partial charge is 0.219 e. The van der Waals surface area contributed by atoms with Gasteiger partial charge in [0.25, 0.3) is 0 Å². The average Bonchev–Trinajstić information content (AvgIpc) is 2.78. The van der Waals surface area contributed by atoms with E-state index >= 15 is 0 Å². The monoisotopic (exact) mass is 311 g/mol. The summed E-state index contributed by atoms with van der Waals surface area (Å²) in [6.07, 6.45) is 1.55. The molecular weight excluding hydrogens is 286 g/mol. The summed E-state index contributed by atoms with van der Waals surface area (Å²) in [6, 6.07) is 9.94. The largest absolute Gasteiger partial charge is 0.392 e. The number of aliphatic hydroxyl groups excluding tert-OH is 1. The molecule has 0 radical (unpaired) electrons. The van der Waals surface area contributed by atoms with Crippen molar-refractivity contribution in [3.05, 3.63) is 35.9 Å². The highest BCUT2D eigenvalue weighted by atomic mass is 32.2. The molecule has 0 amide bonds. The number of β-amino-alcohol motifs (C(OH)–C–C–N with tert-alkyl or cyclic N) is 1. The quantitative estimate of drug-likeness (QED) is 0.927. The number of hydrogen-bond acceptors (Lipinski definition) is 3. The Morgan fingerprint density at radius 3 is 2.43 bits per heavy atom. The Kier molecular flexibility index (Phi) is 4.76. The van der Waals surface area contributed by atoms with Gasteiger partial charge < -0.3 is 5.11 Å². The van der Waals surface area contributed by atoms with E-state index < -0.39 is 20.9 Å². The molecule has 0 aliphatic carbocycles. The molecule has 1 aliphatic rings. The Balaban J connectivity index is 2.11. The van der Waals surface area contributed by atoms with Gasteiger partial charge in [0, 0.05) is 12.6 Å². The summed E-state index contributed by atoms with van der Waals surface area (Å²) in [7, 11) is -3.39. The van der Waals surface area contributed by atoms with Crippen LogP contribution in [0.2, 0.25) is 0 Å². The first kappa shape index (κ1) is 16.5. The van der Waals surface area contributed by atoms with E-state index in [0.29, 0.717) is 6.42 Å². The van der Waals surface area contributed by atoms with Gasteiger partial charge in [0.2, 0.25) is 10.0 Å². The van der Waals surface area contributed by atoms with E-state index in [1.54, 1.807) is 20.8 Å². The number of hydrogen-bond donors (Lipinski definition) is 1.